The monoisotopic (exact) mass is 238 g/mol. The average molecular weight is 239 g/mol. The normalized spacial score (nSPS) is 9.85. The molecule has 0 unspecified atom stereocenters. The van der Waals surface area contributed by atoms with Crippen molar-refractivity contribution in [3.05, 3.63) is 34.9 Å². The Morgan fingerprint density at radius 2 is 1.85 bits per heavy atom. The molecule has 0 radical (unpaired) electrons. The maximum atomic E-state index is 11.9. The van der Waals surface area contributed by atoms with E-state index in [1.165, 1.54) is 6.07 Å². The van der Waals surface area contributed by atoms with Crippen molar-refractivity contribution in [1.82, 2.24) is 0 Å². The molecule has 13 heavy (non-hydrogen) atoms. The second-order valence-corrected chi connectivity index (χ2v) is 2.35. The van der Waals surface area contributed by atoms with Gasteiger partial charge in [0, 0.05) is 0 Å². The van der Waals surface area contributed by atoms with Crippen LogP contribution < -0.4 is 12.4 Å². The summed E-state index contributed by atoms with van der Waals surface area (Å²) in [5, 5.41) is 0.0658. The number of alkyl halides is 3. The Kier molecular flexibility index (Phi) is 7.24. The van der Waals surface area contributed by atoms with E-state index in [9.17, 15) is 13.2 Å². The Bertz CT molecular complexity index is 262. The van der Waals surface area contributed by atoms with Crippen LogP contribution in [0.1, 0.15) is 5.56 Å². The molecule has 0 N–H and O–H groups in total. The fourth-order valence-corrected chi connectivity index (χ4v) is 0.774. The Morgan fingerprint density at radius 3 is 2.15 bits per heavy atom. The van der Waals surface area contributed by atoms with Crippen LogP contribution in [0, 0.1) is 6.07 Å². The van der Waals surface area contributed by atoms with Crippen LogP contribution in [0.4, 0.5) is 13.2 Å². The molecular weight excluding hydrogens is 236 g/mol. The number of benzene rings is 1. The molecule has 0 bridgehead atoms. The molecule has 0 spiro atoms. The van der Waals surface area contributed by atoms with E-state index in [0.29, 0.717) is 0 Å². The van der Waals surface area contributed by atoms with E-state index in [-0.39, 0.29) is 40.5 Å². The molecule has 1 aromatic rings. The minimum Gasteiger partial charge on any atom is -1.00 e. The fourth-order valence-electron chi connectivity index (χ4n) is 0.602. The Morgan fingerprint density at radius 1 is 1.31 bits per heavy atom. The molecule has 1 rings (SSSR count). The van der Waals surface area contributed by atoms with E-state index in [4.69, 9.17) is 11.6 Å². The van der Waals surface area contributed by atoms with E-state index >= 15 is 0 Å². The first-order valence-electron chi connectivity index (χ1n) is 2.74. The second-order valence-electron chi connectivity index (χ2n) is 1.92. The van der Waals surface area contributed by atoms with Crippen LogP contribution in [0.25, 0.3) is 0 Å². The molecule has 0 saturated carbocycles. The summed E-state index contributed by atoms with van der Waals surface area (Å²) in [4.78, 5) is 0. The van der Waals surface area contributed by atoms with Gasteiger partial charge in [-0.1, -0.05) is 10.6 Å². The van der Waals surface area contributed by atoms with Crippen LogP contribution in [0.3, 0.4) is 0 Å². The van der Waals surface area contributed by atoms with Gasteiger partial charge < -0.3 is 12.4 Å². The molecule has 1 aromatic carbocycles. The van der Waals surface area contributed by atoms with Crippen LogP contribution in [-0.2, 0) is 6.18 Å². The van der Waals surface area contributed by atoms with E-state index in [1.54, 1.807) is 0 Å². The second kappa shape index (κ2) is 5.96. The van der Waals surface area contributed by atoms with Crippen molar-refractivity contribution >= 4 is 34.7 Å². The van der Waals surface area contributed by atoms with Gasteiger partial charge in [0.1, 0.15) is 0 Å². The summed E-state index contributed by atoms with van der Waals surface area (Å²) in [6.45, 7) is 0. The van der Waals surface area contributed by atoms with E-state index in [1.807, 2.05) is 6.07 Å². The molecule has 0 fully saturated rings. The van der Waals surface area contributed by atoms with E-state index in [2.05, 4.69) is 0 Å². The van der Waals surface area contributed by atoms with Gasteiger partial charge >= 0.3 is 29.2 Å². The third-order valence-corrected chi connectivity index (χ3v) is 1.30. The summed E-state index contributed by atoms with van der Waals surface area (Å²) in [6.07, 6.45) is -4.36. The van der Waals surface area contributed by atoms with Crippen LogP contribution in [0.5, 0.6) is 0 Å². The summed E-state index contributed by atoms with van der Waals surface area (Å²) in [5.74, 6) is 0. The molecule has 0 atom stereocenters. The first-order valence-corrected chi connectivity index (χ1v) is 3.12. The van der Waals surface area contributed by atoms with Crippen LogP contribution in [0.15, 0.2) is 18.2 Å². The topological polar surface area (TPSA) is 0 Å². The largest absolute Gasteiger partial charge is 2.00 e. The van der Waals surface area contributed by atoms with Crippen molar-refractivity contribution in [2.75, 3.05) is 0 Å². The first kappa shape index (κ1) is 15.8. The van der Waals surface area contributed by atoms with Crippen LogP contribution >= 0.6 is 11.6 Å². The van der Waals surface area contributed by atoms with Crippen molar-refractivity contribution in [3.63, 3.8) is 0 Å². The maximum absolute atomic E-state index is 11.9. The molecule has 0 nitrogen and oxygen atoms in total. The van der Waals surface area contributed by atoms with Crippen molar-refractivity contribution in [1.29, 1.82) is 0 Å². The van der Waals surface area contributed by atoms with Crippen molar-refractivity contribution in [2.45, 2.75) is 6.18 Å². The van der Waals surface area contributed by atoms with Crippen LogP contribution in [-0.4, -0.2) is 23.1 Å². The molecule has 0 aliphatic carbocycles. The minimum atomic E-state index is -4.36. The standard InChI is InChI=1S/C7H3ClF3.ClH.Mg/c8-6-3-1-2-5(4-6)7(9,10)11;;/h1,3-4H;1H;/q-1;;+2/p-1. The number of halogens is 5. The van der Waals surface area contributed by atoms with Gasteiger partial charge in [0.15, 0.2) is 0 Å². The predicted octanol–water partition coefficient (Wildman–Crippen LogP) is -0.218. The Balaban J connectivity index is 0. The fraction of sp³-hybridized carbons (Fsp3) is 0.143. The summed E-state index contributed by atoms with van der Waals surface area (Å²) < 4.78 is 35.6. The summed E-state index contributed by atoms with van der Waals surface area (Å²) >= 11 is 5.33. The number of rotatable bonds is 0. The van der Waals surface area contributed by atoms with Crippen molar-refractivity contribution in [2.24, 2.45) is 0 Å². The van der Waals surface area contributed by atoms with Crippen molar-refractivity contribution < 1.29 is 25.6 Å². The van der Waals surface area contributed by atoms with Gasteiger partial charge in [0.25, 0.3) is 0 Å². The maximum Gasteiger partial charge on any atom is 2.00 e. The van der Waals surface area contributed by atoms with Crippen LogP contribution in [0.2, 0.25) is 5.02 Å². The summed E-state index contributed by atoms with van der Waals surface area (Å²) in [6, 6.07) is 5.36. The Labute approximate surface area is 101 Å². The zero-order valence-electron chi connectivity index (χ0n) is 6.33. The molecule has 0 heterocycles. The molecule has 0 aromatic heterocycles. The molecule has 6 heteroatoms. The van der Waals surface area contributed by atoms with Gasteiger partial charge in [0.2, 0.25) is 0 Å². The number of hydrogen-bond acceptors (Lipinski definition) is 0. The third-order valence-electron chi connectivity index (χ3n) is 1.07. The average Bonchev–Trinajstić information content (AvgIpc) is 1.86. The van der Waals surface area contributed by atoms with Crippen molar-refractivity contribution in [3.8, 4) is 0 Å². The third kappa shape index (κ3) is 4.95. The van der Waals surface area contributed by atoms with E-state index in [0.717, 1.165) is 12.1 Å². The quantitative estimate of drug-likeness (QED) is 0.434. The number of hydrogen-bond donors (Lipinski definition) is 0. The molecule has 0 saturated heterocycles. The van der Waals surface area contributed by atoms with Gasteiger partial charge in [-0.3, -0.25) is 0 Å². The van der Waals surface area contributed by atoms with Gasteiger partial charge in [-0.15, -0.1) is 17.7 Å². The SMILES string of the molecule is FC(F)(F)c1[c-]ccc(Cl)c1.[Cl-].[Mg+2]. The molecule has 0 aliphatic heterocycles. The smallest absolute Gasteiger partial charge is 1.00 e. The summed E-state index contributed by atoms with van der Waals surface area (Å²) in [7, 11) is 0. The minimum absolute atomic E-state index is 0. The van der Waals surface area contributed by atoms with Gasteiger partial charge in [-0.05, 0) is 0 Å². The zero-order chi connectivity index (χ0) is 8.48. The van der Waals surface area contributed by atoms with Gasteiger partial charge in [-0.25, -0.2) is 0 Å². The van der Waals surface area contributed by atoms with Gasteiger partial charge in [-0.2, -0.15) is 31.4 Å². The molecule has 68 valence electrons. The zero-order valence-corrected chi connectivity index (χ0v) is 9.26. The molecule has 0 amide bonds. The van der Waals surface area contributed by atoms with E-state index < -0.39 is 11.7 Å². The molecular formula is C7H3Cl2F3Mg. The predicted molar refractivity (Wildman–Crippen MR) is 41.0 cm³/mol. The summed E-state index contributed by atoms with van der Waals surface area (Å²) in [5.41, 5.74) is -0.843. The first-order chi connectivity index (χ1) is 5.00. The molecule has 0 aliphatic rings. The Hall–Kier alpha value is 0.356. The van der Waals surface area contributed by atoms with Gasteiger partial charge in [0.05, 0.1) is 0 Å².